The van der Waals surface area contributed by atoms with Crippen molar-refractivity contribution in [1.29, 1.82) is 0 Å². The van der Waals surface area contributed by atoms with Gasteiger partial charge in [-0.3, -0.25) is 4.79 Å². The second kappa shape index (κ2) is 8.66. The fourth-order valence-corrected chi connectivity index (χ4v) is 4.79. The molecule has 2 aromatic heterocycles. The zero-order valence-corrected chi connectivity index (χ0v) is 17.2. The lowest BCUT2D eigenvalue weighted by Crippen LogP contribution is -2.22. The molecule has 4 rings (SSSR count). The Morgan fingerprint density at radius 1 is 1.17 bits per heavy atom. The first-order valence-electron chi connectivity index (χ1n) is 9.69. The van der Waals surface area contributed by atoms with Crippen LogP contribution in [-0.2, 0) is 27.1 Å². The lowest BCUT2D eigenvalue weighted by molar-refractivity contribution is -0.119. The van der Waals surface area contributed by atoms with Crippen molar-refractivity contribution in [3.8, 4) is 0 Å². The average Bonchev–Trinajstić information content (AvgIpc) is 3.36. The Morgan fingerprint density at radius 2 is 2.00 bits per heavy atom. The molecule has 30 heavy (non-hydrogen) atoms. The largest absolute Gasteiger partial charge is 0.462 e. The van der Waals surface area contributed by atoms with Crippen LogP contribution in [0.2, 0.25) is 0 Å². The summed E-state index contributed by atoms with van der Waals surface area (Å²) in [7, 11) is 0. The number of amides is 1. The van der Waals surface area contributed by atoms with Crippen LogP contribution in [0.1, 0.15) is 50.9 Å². The minimum atomic E-state index is -0.680. The molecule has 1 aliphatic carbocycles. The molecule has 0 saturated heterocycles. The molecule has 0 fully saturated rings. The fraction of sp³-hybridized carbons (Fsp3) is 0.333. The molecular formula is C21H20N2O6S. The number of nitrogens with one attached hydrogen (secondary N) is 1. The third-order valence-electron chi connectivity index (χ3n) is 4.82. The molecule has 156 valence electrons. The molecule has 8 nitrogen and oxygen atoms in total. The molecule has 1 aromatic carbocycles. The van der Waals surface area contributed by atoms with Gasteiger partial charge in [0.05, 0.1) is 17.7 Å². The lowest BCUT2D eigenvalue weighted by Gasteiger charge is -2.12. The van der Waals surface area contributed by atoms with Gasteiger partial charge < -0.3 is 19.2 Å². The second-order valence-electron chi connectivity index (χ2n) is 6.76. The molecule has 0 bridgehead atoms. The average molecular weight is 428 g/mol. The molecule has 0 spiro atoms. The molecule has 0 unspecified atom stereocenters. The van der Waals surface area contributed by atoms with Crippen LogP contribution in [0.3, 0.4) is 0 Å². The quantitative estimate of drug-likeness (QED) is 0.596. The maximum absolute atomic E-state index is 12.5. The molecule has 0 radical (unpaired) electrons. The Morgan fingerprint density at radius 3 is 2.83 bits per heavy atom. The number of aromatic nitrogens is 1. The molecule has 1 aliphatic rings. The summed E-state index contributed by atoms with van der Waals surface area (Å²) in [4.78, 5) is 42.4. The van der Waals surface area contributed by atoms with Crippen LogP contribution in [0.5, 0.6) is 0 Å². The van der Waals surface area contributed by atoms with Crippen molar-refractivity contribution >= 4 is 45.3 Å². The van der Waals surface area contributed by atoms with E-state index in [1.807, 2.05) is 0 Å². The molecule has 1 N–H and O–H groups in total. The number of fused-ring (bicyclic) bond motifs is 2. The van der Waals surface area contributed by atoms with Crippen LogP contribution in [0.25, 0.3) is 11.1 Å². The Kier molecular flexibility index (Phi) is 5.80. The Balaban J connectivity index is 1.46. The van der Waals surface area contributed by atoms with Gasteiger partial charge in [-0.05, 0) is 50.3 Å². The van der Waals surface area contributed by atoms with Crippen molar-refractivity contribution in [3.05, 3.63) is 46.2 Å². The molecule has 1 amide bonds. The molecular weight excluding hydrogens is 408 g/mol. The normalized spacial score (nSPS) is 13.0. The summed E-state index contributed by atoms with van der Waals surface area (Å²) in [5, 5.41) is 3.16. The number of rotatable bonds is 6. The van der Waals surface area contributed by atoms with Crippen LogP contribution in [-0.4, -0.2) is 36.0 Å². The first-order chi connectivity index (χ1) is 14.6. The van der Waals surface area contributed by atoms with E-state index in [1.54, 1.807) is 25.1 Å². The van der Waals surface area contributed by atoms with Gasteiger partial charge in [-0.15, -0.1) is 11.3 Å². The van der Waals surface area contributed by atoms with Crippen molar-refractivity contribution in [3.63, 3.8) is 0 Å². The van der Waals surface area contributed by atoms with Crippen LogP contribution >= 0.6 is 11.3 Å². The summed E-state index contributed by atoms with van der Waals surface area (Å²) in [5.41, 5.74) is 2.42. The second-order valence-corrected chi connectivity index (χ2v) is 7.87. The predicted molar refractivity (Wildman–Crippen MR) is 110 cm³/mol. The number of anilines is 1. The van der Waals surface area contributed by atoms with Crippen LogP contribution < -0.4 is 5.32 Å². The number of ether oxygens (including phenoxy) is 2. The number of oxazole rings is 1. The van der Waals surface area contributed by atoms with E-state index in [9.17, 15) is 14.4 Å². The number of hydrogen-bond donors (Lipinski definition) is 1. The number of aryl methyl sites for hydroxylation is 1. The Labute approximate surface area is 176 Å². The number of hydrogen-bond acceptors (Lipinski definition) is 8. The van der Waals surface area contributed by atoms with Crippen molar-refractivity contribution in [2.75, 3.05) is 18.5 Å². The smallest absolute Gasteiger partial charge is 0.341 e. The molecule has 0 saturated carbocycles. The highest BCUT2D eigenvalue weighted by Crippen LogP contribution is 2.38. The van der Waals surface area contributed by atoms with Gasteiger partial charge in [-0.1, -0.05) is 6.07 Å². The van der Waals surface area contributed by atoms with Crippen LogP contribution in [0.15, 0.2) is 29.0 Å². The molecule has 3 aromatic rings. The highest BCUT2D eigenvalue weighted by molar-refractivity contribution is 7.17. The van der Waals surface area contributed by atoms with Gasteiger partial charge in [-0.25, -0.2) is 14.6 Å². The highest BCUT2D eigenvalue weighted by Gasteiger charge is 2.27. The number of benzene rings is 1. The van der Waals surface area contributed by atoms with Crippen molar-refractivity contribution in [2.45, 2.75) is 32.6 Å². The van der Waals surface area contributed by atoms with Crippen molar-refractivity contribution < 1.29 is 28.3 Å². The summed E-state index contributed by atoms with van der Waals surface area (Å²) in [6.45, 7) is 1.50. The van der Waals surface area contributed by atoms with E-state index in [0.29, 0.717) is 21.7 Å². The minimum Gasteiger partial charge on any atom is -0.462 e. The van der Waals surface area contributed by atoms with Crippen molar-refractivity contribution in [1.82, 2.24) is 4.98 Å². The first kappa shape index (κ1) is 20.1. The molecule has 9 heteroatoms. The Bertz CT molecular complexity index is 1120. The van der Waals surface area contributed by atoms with E-state index in [1.165, 1.54) is 17.7 Å². The SMILES string of the molecule is CCOC(=O)c1c(NC(=O)COC(=O)c2cccc3ocnc23)sc2c1CCCC2. The maximum atomic E-state index is 12.5. The summed E-state index contributed by atoms with van der Waals surface area (Å²) < 4.78 is 15.5. The Hall–Kier alpha value is -3.20. The zero-order chi connectivity index (χ0) is 21.1. The summed E-state index contributed by atoms with van der Waals surface area (Å²) >= 11 is 1.38. The third-order valence-corrected chi connectivity index (χ3v) is 6.03. The molecule has 0 aliphatic heterocycles. The van der Waals surface area contributed by atoms with Gasteiger partial charge in [0, 0.05) is 4.88 Å². The minimum absolute atomic E-state index is 0.216. The van der Waals surface area contributed by atoms with Gasteiger partial charge in [0.25, 0.3) is 5.91 Å². The lowest BCUT2D eigenvalue weighted by atomic mass is 9.95. The highest BCUT2D eigenvalue weighted by atomic mass is 32.1. The van der Waals surface area contributed by atoms with Gasteiger partial charge in [0.2, 0.25) is 0 Å². The van der Waals surface area contributed by atoms with E-state index in [0.717, 1.165) is 36.1 Å². The van der Waals surface area contributed by atoms with E-state index >= 15 is 0 Å². The predicted octanol–water partition coefficient (Wildman–Crippen LogP) is 3.74. The molecule has 0 atom stereocenters. The third kappa shape index (κ3) is 3.93. The van der Waals surface area contributed by atoms with Gasteiger partial charge >= 0.3 is 11.9 Å². The number of esters is 2. The molecule has 2 heterocycles. The fourth-order valence-electron chi connectivity index (χ4n) is 3.50. The number of carbonyl (C=O) groups excluding carboxylic acids is 3. The topological polar surface area (TPSA) is 108 Å². The van der Waals surface area contributed by atoms with E-state index in [2.05, 4.69) is 10.3 Å². The van der Waals surface area contributed by atoms with Crippen molar-refractivity contribution in [2.24, 2.45) is 0 Å². The van der Waals surface area contributed by atoms with Crippen LogP contribution in [0.4, 0.5) is 5.00 Å². The standard InChI is InChI=1S/C21H20N2O6S/c1-2-27-21(26)17-12-6-3-4-9-15(12)30-19(17)23-16(24)10-28-20(25)13-7-5-8-14-18(13)22-11-29-14/h5,7-8,11H,2-4,6,9-10H2,1H3,(H,23,24). The summed E-state index contributed by atoms with van der Waals surface area (Å²) in [6, 6.07) is 4.88. The monoisotopic (exact) mass is 428 g/mol. The van der Waals surface area contributed by atoms with E-state index < -0.39 is 24.5 Å². The number of carbonyl (C=O) groups is 3. The number of nitrogens with zero attached hydrogens (tertiary/aromatic N) is 1. The maximum Gasteiger partial charge on any atom is 0.341 e. The van der Waals surface area contributed by atoms with Gasteiger partial charge in [0.1, 0.15) is 10.5 Å². The summed E-state index contributed by atoms with van der Waals surface area (Å²) in [5.74, 6) is -1.65. The summed E-state index contributed by atoms with van der Waals surface area (Å²) in [6.07, 6.45) is 4.94. The first-order valence-corrected chi connectivity index (χ1v) is 10.5. The van der Waals surface area contributed by atoms with Gasteiger partial charge in [-0.2, -0.15) is 0 Å². The van der Waals surface area contributed by atoms with E-state index in [-0.39, 0.29) is 12.2 Å². The number of thiophene rings is 1. The zero-order valence-electron chi connectivity index (χ0n) is 16.4. The van der Waals surface area contributed by atoms with Gasteiger partial charge in [0.15, 0.2) is 18.6 Å². The van der Waals surface area contributed by atoms with E-state index in [4.69, 9.17) is 13.9 Å². The number of para-hydroxylation sites is 1. The van der Waals surface area contributed by atoms with Crippen LogP contribution in [0, 0.1) is 0 Å².